The summed E-state index contributed by atoms with van der Waals surface area (Å²) in [5.74, 6) is 0. The van der Waals surface area contributed by atoms with Crippen molar-refractivity contribution in [1.82, 2.24) is 19.4 Å². The molecule has 4 aromatic heterocycles. The Morgan fingerprint density at radius 1 is 0.571 bits per heavy atom. The number of hydrogen-bond donors (Lipinski definition) is 0. The lowest BCUT2D eigenvalue weighted by atomic mass is 9.98. The molecule has 0 N–H and O–H groups in total. The molecule has 0 saturated carbocycles. The van der Waals surface area contributed by atoms with Gasteiger partial charge in [0.1, 0.15) is 11.3 Å². The number of hydrogen-bond acceptors (Lipinski definition) is 3. The number of pyridine rings is 3. The van der Waals surface area contributed by atoms with Crippen LogP contribution >= 0.6 is 0 Å². The minimum Gasteiger partial charge on any atom is -0.276 e. The second kappa shape index (κ2) is 6.10. The van der Waals surface area contributed by atoms with E-state index >= 15 is 0 Å². The minimum absolute atomic E-state index is 0.905. The molecule has 4 nitrogen and oxygen atoms in total. The van der Waals surface area contributed by atoms with Crippen molar-refractivity contribution in [3.05, 3.63) is 107 Å². The van der Waals surface area contributed by atoms with Crippen LogP contribution in [0.2, 0.25) is 0 Å². The molecular weight excluding hydrogens is 428 g/mol. The summed E-state index contributed by atoms with van der Waals surface area (Å²) >= 11 is 0. The molecule has 35 heavy (non-hydrogen) atoms. The van der Waals surface area contributed by atoms with Gasteiger partial charge in [-0.15, -0.1) is 0 Å². The molecule has 0 aliphatic heterocycles. The van der Waals surface area contributed by atoms with Crippen molar-refractivity contribution in [2.24, 2.45) is 0 Å². The highest BCUT2D eigenvalue weighted by Crippen LogP contribution is 2.46. The van der Waals surface area contributed by atoms with E-state index in [-0.39, 0.29) is 0 Å². The Morgan fingerprint density at radius 3 is 2.14 bits per heavy atom. The van der Waals surface area contributed by atoms with Crippen LogP contribution in [0.4, 0.5) is 0 Å². The molecule has 0 radical (unpaired) electrons. The van der Waals surface area contributed by atoms with Gasteiger partial charge in [-0.3, -0.25) is 9.38 Å². The van der Waals surface area contributed by atoms with Crippen molar-refractivity contribution in [2.75, 3.05) is 0 Å². The number of aromatic nitrogens is 4. The molecule has 0 unspecified atom stereocenters. The number of rotatable bonds is 0. The van der Waals surface area contributed by atoms with Gasteiger partial charge in [0.05, 0.1) is 16.6 Å². The Balaban J connectivity index is 1.33. The predicted octanol–water partition coefficient (Wildman–Crippen LogP) is 6.73. The second-order valence-electron chi connectivity index (χ2n) is 9.72. The number of benzene rings is 3. The van der Waals surface area contributed by atoms with Crippen LogP contribution in [0.1, 0.15) is 22.3 Å². The summed E-state index contributed by atoms with van der Waals surface area (Å²) in [6, 6.07) is 26.5. The molecule has 0 saturated heterocycles. The third-order valence-corrected chi connectivity index (χ3v) is 7.87. The maximum atomic E-state index is 5.13. The highest BCUT2D eigenvalue weighted by atomic mass is 15.1. The van der Waals surface area contributed by atoms with Gasteiger partial charge in [0.2, 0.25) is 0 Å². The molecule has 162 valence electrons. The molecule has 0 amide bonds. The van der Waals surface area contributed by atoms with Gasteiger partial charge in [-0.2, -0.15) is 0 Å². The van der Waals surface area contributed by atoms with Gasteiger partial charge in [-0.1, -0.05) is 24.3 Å². The molecule has 0 atom stereocenters. The zero-order chi connectivity index (χ0) is 22.7. The molecule has 4 heterocycles. The summed E-state index contributed by atoms with van der Waals surface area (Å²) in [6.45, 7) is 0. The van der Waals surface area contributed by atoms with E-state index in [0.29, 0.717) is 0 Å². The summed E-state index contributed by atoms with van der Waals surface area (Å²) in [4.78, 5) is 14.6. The Bertz CT molecular complexity index is 2070. The van der Waals surface area contributed by atoms with Gasteiger partial charge >= 0.3 is 0 Å². The van der Waals surface area contributed by atoms with Crippen LogP contribution < -0.4 is 0 Å². The lowest BCUT2D eigenvalue weighted by molar-refractivity contribution is 1.22. The molecule has 2 aliphatic rings. The fourth-order valence-corrected chi connectivity index (χ4v) is 6.35. The highest BCUT2D eigenvalue weighted by Gasteiger charge is 2.26. The van der Waals surface area contributed by atoms with Crippen LogP contribution in [0.3, 0.4) is 0 Å². The van der Waals surface area contributed by atoms with Gasteiger partial charge in [-0.25, -0.2) is 9.97 Å². The van der Waals surface area contributed by atoms with E-state index in [1.807, 2.05) is 24.5 Å². The van der Waals surface area contributed by atoms with Gasteiger partial charge < -0.3 is 0 Å². The standard InChI is InChI=1S/C31H18N4/c1-2-6-21-17(5-1)11-18-14-25-19(13-24(18)21)12-20-15-28-27(16-26(20)25)34-31-23-8-3-9-32-29(23)22-7-4-10-33-30(22)35(28)31/h1-10,13-16H,11-12H2. The largest absolute Gasteiger partial charge is 0.276 e. The fourth-order valence-electron chi connectivity index (χ4n) is 6.35. The third-order valence-electron chi connectivity index (χ3n) is 7.87. The molecule has 0 fully saturated rings. The Morgan fingerprint density at radius 2 is 1.26 bits per heavy atom. The van der Waals surface area contributed by atoms with Crippen LogP contribution in [0.25, 0.3) is 60.9 Å². The average molecular weight is 447 g/mol. The van der Waals surface area contributed by atoms with E-state index in [9.17, 15) is 0 Å². The first kappa shape index (κ1) is 17.8. The van der Waals surface area contributed by atoms with Crippen LogP contribution in [-0.2, 0) is 12.8 Å². The van der Waals surface area contributed by atoms with E-state index in [4.69, 9.17) is 9.97 Å². The summed E-state index contributed by atoms with van der Waals surface area (Å²) in [5, 5.41) is 2.11. The summed E-state index contributed by atoms with van der Waals surface area (Å²) in [6.07, 6.45) is 5.66. The molecule has 3 aromatic carbocycles. The molecule has 9 rings (SSSR count). The summed E-state index contributed by atoms with van der Waals surface area (Å²) < 4.78 is 2.22. The smallest absolute Gasteiger partial charge is 0.149 e. The lowest BCUT2D eigenvalue weighted by Gasteiger charge is -2.07. The second-order valence-corrected chi connectivity index (χ2v) is 9.72. The maximum Gasteiger partial charge on any atom is 0.149 e. The van der Waals surface area contributed by atoms with Crippen LogP contribution in [0.15, 0.2) is 85.2 Å². The SMILES string of the molecule is c1ccc2c(c1)Cc1cc3c(cc1-2)Cc1cc2c(cc1-3)nc1c3cccnc3c3cccnc3n21. The van der Waals surface area contributed by atoms with Gasteiger partial charge in [-0.05, 0) is 106 Å². The molecule has 7 aromatic rings. The fraction of sp³-hybridized carbons (Fsp3) is 0.0645. The highest BCUT2D eigenvalue weighted by molar-refractivity contribution is 6.11. The van der Waals surface area contributed by atoms with E-state index in [1.165, 1.54) is 44.5 Å². The first-order valence-electron chi connectivity index (χ1n) is 12.0. The third kappa shape index (κ3) is 2.20. The molecule has 0 bridgehead atoms. The van der Waals surface area contributed by atoms with Crippen LogP contribution in [-0.4, -0.2) is 19.4 Å². The van der Waals surface area contributed by atoms with Crippen molar-refractivity contribution < 1.29 is 0 Å². The van der Waals surface area contributed by atoms with Gasteiger partial charge in [0, 0.05) is 23.2 Å². The van der Waals surface area contributed by atoms with Crippen molar-refractivity contribution in [3.8, 4) is 22.3 Å². The first-order valence-corrected chi connectivity index (χ1v) is 12.0. The van der Waals surface area contributed by atoms with E-state index in [2.05, 4.69) is 70.0 Å². The quantitative estimate of drug-likeness (QED) is 0.243. The van der Waals surface area contributed by atoms with Crippen molar-refractivity contribution >= 4 is 38.6 Å². The maximum absolute atomic E-state index is 5.13. The average Bonchev–Trinajstić information content (AvgIpc) is 3.57. The van der Waals surface area contributed by atoms with E-state index < -0.39 is 0 Å². The van der Waals surface area contributed by atoms with Crippen molar-refractivity contribution in [1.29, 1.82) is 0 Å². The summed E-state index contributed by atoms with van der Waals surface area (Å²) in [7, 11) is 0. The van der Waals surface area contributed by atoms with E-state index in [0.717, 1.165) is 51.5 Å². The Hall–Kier alpha value is -4.57. The van der Waals surface area contributed by atoms with E-state index in [1.54, 1.807) is 0 Å². The Kier molecular flexibility index (Phi) is 3.11. The number of imidazole rings is 1. The molecule has 0 spiro atoms. The zero-order valence-electron chi connectivity index (χ0n) is 18.8. The van der Waals surface area contributed by atoms with Gasteiger partial charge in [0.25, 0.3) is 0 Å². The summed E-state index contributed by atoms with van der Waals surface area (Å²) in [5.41, 5.74) is 16.0. The van der Waals surface area contributed by atoms with Crippen LogP contribution in [0, 0.1) is 0 Å². The van der Waals surface area contributed by atoms with Crippen LogP contribution in [0.5, 0.6) is 0 Å². The molecule has 2 aliphatic carbocycles. The molecule has 4 heteroatoms. The lowest BCUT2D eigenvalue weighted by Crippen LogP contribution is -1.95. The van der Waals surface area contributed by atoms with Crippen molar-refractivity contribution in [2.45, 2.75) is 12.8 Å². The normalized spacial score (nSPS) is 13.5. The first-order chi connectivity index (χ1) is 17.3. The zero-order valence-corrected chi connectivity index (χ0v) is 18.8. The minimum atomic E-state index is 0.905. The van der Waals surface area contributed by atoms with Crippen molar-refractivity contribution in [3.63, 3.8) is 0 Å². The molecular formula is C31H18N4. The Labute approximate surface area is 200 Å². The predicted molar refractivity (Wildman–Crippen MR) is 140 cm³/mol. The topological polar surface area (TPSA) is 43.1 Å². The number of nitrogens with zero attached hydrogens (tertiary/aromatic N) is 4. The number of fused-ring (bicyclic) bond motifs is 14. The monoisotopic (exact) mass is 446 g/mol. The van der Waals surface area contributed by atoms with Gasteiger partial charge in [0.15, 0.2) is 0 Å².